The molecule has 0 aliphatic carbocycles. The second-order valence-corrected chi connectivity index (χ2v) is 11.4. The van der Waals surface area contributed by atoms with Crippen LogP contribution in [-0.4, -0.2) is 64.8 Å². The molecule has 4 heterocycles. The van der Waals surface area contributed by atoms with Crippen molar-refractivity contribution in [2.75, 3.05) is 20.3 Å². The van der Waals surface area contributed by atoms with E-state index in [0.717, 1.165) is 25.7 Å². The lowest BCUT2D eigenvalue weighted by Crippen LogP contribution is -2.31. The van der Waals surface area contributed by atoms with E-state index >= 15 is 0 Å². The second kappa shape index (κ2) is 10.3. The molecule has 0 saturated carbocycles. The highest BCUT2D eigenvalue weighted by Gasteiger charge is 2.37. The Morgan fingerprint density at radius 1 is 1.18 bits per heavy atom. The van der Waals surface area contributed by atoms with E-state index in [2.05, 4.69) is 20.2 Å². The number of sulfone groups is 1. The van der Waals surface area contributed by atoms with Gasteiger partial charge in [0, 0.05) is 38.8 Å². The molecule has 0 N–H and O–H groups in total. The number of hydrogen-bond donors (Lipinski definition) is 0. The molecular formula is C21H30ClN5O5S. The highest BCUT2D eigenvalue weighted by molar-refractivity contribution is 7.91. The van der Waals surface area contributed by atoms with E-state index in [1.54, 1.807) is 6.92 Å². The monoisotopic (exact) mass is 499 g/mol. The van der Waals surface area contributed by atoms with E-state index in [-0.39, 0.29) is 29.8 Å². The van der Waals surface area contributed by atoms with Gasteiger partial charge in [-0.3, -0.25) is 0 Å². The third-order valence-corrected chi connectivity index (χ3v) is 8.58. The molecule has 182 valence electrons. The Labute approximate surface area is 198 Å². The predicted octanol–water partition coefficient (Wildman–Crippen LogP) is 3.00. The molecule has 2 saturated heterocycles. The Bertz CT molecular complexity index is 1040. The third-order valence-electron chi connectivity index (χ3n) is 6.34. The topological polar surface area (TPSA) is 118 Å². The molecule has 0 unspecified atom stereocenters. The van der Waals surface area contributed by atoms with Gasteiger partial charge in [-0.05, 0) is 39.5 Å². The summed E-state index contributed by atoms with van der Waals surface area (Å²) in [5.41, 5.74) is 0. The van der Waals surface area contributed by atoms with Crippen LogP contribution in [0.5, 0.6) is 0 Å². The van der Waals surface area contributed by atoms with Crippen LogP contribution in [0.1, 0.15) is 75.3 Å². The molecule has 0 aromatic carbocycles. The fourth-order valence-electron chi connectivity index (χ4n) is 4.47. The summed E-state index contributed by atoms with van der Waals surface area (Å²) in [5, 5.41) is 8.18. The Morgan fingerprint density at radius 2 is 1.88 bits per heavy atom. The van der Waals surface area contributed by atoms with Crippen molar-refractivity contribution in [1.29, 1.82) is 0 Å². The van der Waals surface area contributed by atoms with Crippen LogP contribution >= 0.6 is 11.6 Å². The van der Waals surface area contributed by atoms with Gasteiger partial charge in [-0.2, -0.15) is 0 Å². The summed E-state index contributed by atoms with van der Waals surface area (Å²) >= 11 is 5.87. The maximum absolute atomic E-state index is 13.5. The van der Waals surface area contributed by atoms with Crippen LogP contribution in [0.15, 0.2) is 12.4 Å². The summed E-state index contributed by atoms with van der Waals surface area (Å²) in [6.45, 7) is 4.87. The van der Waals surface area contributed by atoms with Gasteiger partial charge < -0.3 is 18.8 Å². The summed E-state index contributed by atoms with van der Waals surface area (Å²) in [6.07, 6.45) is 5.28. The predicted molar refractivity (Wildman–Crippen MR) is 121 cm³/mol. The van der Waals surface area contributed by atoms with Gasteiger partial charge >= 0.3 is 0 Å². The van der Waals surface area contributed by atoms with Gasteiger partial charge in [-0.15, -0.1) is 10.2 Å². The highest BCUT2D eigenvalue weighted by atomic mass is 35.5. The molecule has 2 aromatic heterocycles. The first kappa shape index (κ1) is 24.5. The molecule has 0 spiro atoms. The van der Waals surface area contributed by atoms with Crippen molar-refractivity contribution in [3.63, 3.8) is 0 Å². The van der Waals surface area contributed by atoms with E-state index in [9.17, 15) is 8.42 Å². The van der Waals surface area contributed by atoms with E-state index in [1.165, 1.54) is 19.5 Å². The number of nitrogens with zero attached hydrogens (tertiary/aromatic N) is 5. The molecule has 2 aromatic rings. The molecule has 2 aliphatic heterocycles. The van der Waals surface area contributed by atoms with Crippen LogP contribution in [0, 0.1) is 0 Å². The van der Waals surface area contributed by atoms with Crippen molar-refractivity contribution >= 4 is 21.4 Å². The van der Waals surface area contributed by atoms with Crippen LogP contribution in [0.2, 0.25) is 5.02 Å². The highest BCUT2D eigenvalue weighted by Crippen LogP contribution is 2.36. The number of methoxy groups -OCH3 is 1. The molecule has 12 heteroatoms. The number of rotatable bonds is 8. The summed E-state index contributed by atoms with van der Waals surface area (Å²) in [7, 11) is -2.26. The molecule has 0 radical (unpaired) electrons. The molecule has 33 heavy (non-hydrogen) atoms. The van der Waals surface area contributed by atoms with Crippen molar-refractivity contribution in [2.45, 2.75) is 74.9 Å². The van der Waals surface area contributed by atoms with E-state index in [0.29, 0.717) is 29.9 Å². The van der Waals surface area contributed by atoms with Crippen LogP contribution in [0.3, 0.4) is 0 Å². The molecule has 2 fully saturated rings. The molecule has 0 bridgehead atoms. The lowest BCUT2D eigenvalue weighted by atomic mass is 10.1. The first-order chi connectivity index (χ1) is 15.8. The van der Waals surface area contributed by atoms with Crippen molar-refractivity contribution < 1.29 is 22.6 Å². The SMILES string of the molecule is CO[C@H](c1ncc(Cl)cn1)[C@H](C)S(=O)(=O)Cc1nnc([C@@H]2CC[C@H](C)O2)n1C1CCOCC1. The van der Waals surface area contributed by atoms with Crippen molar-refractivity contribution in [3.8, 4) is 0 Å². The quantitative estimate of drug-likeness (QED) is 0.539. The number of ether oxygens (including phenoxy) is 3. The molecule has 4 rings (SSSR count). The van der Waals surface area contributed by atoms with Gasteiger partial charge in [-0.1, -0.05) is 11.6 Å². The zero-order chi connectivity index (χ0) is 23.6. The lowest BCUT2D eigenvalue weighted by Gasteiger charge is -2.28. The number of aromatic nitrogens is 5. The standard InChI is InChI=1S/C21H30ClN5O5S/c1-13-4-5-17(32-13)21-26-25-18(27(21)16-6-8-31-9-7-16)12-33(28,29)14(2)19(30-3)20-23-10-15(22)11-24-20/h10-11,13-14,16-17,19H,4-9,12H2,1-3H3/t13-,14-,17-,19-/m0/s1. The van der Waals surface area contributed by atoms with Crippen LogP contribution in [-0.2, 0) is 29.8 Å². The molecule has 2 aliphatic rings. The Balaban J connectivity index is 1.62. The van der Waals surface area contributed by atoms with E-state index in [1.807, 2.05) is 11.5 Å². The molecule has 0 amide bonds. The lowest BCUT2D eigenvalue weighted by molar-refractivity contribution is 0.0390. The largest absolute Gasteiger partial charge is 0.381 e. The molecule has 10 nitrogen and oxygen atoms in total. The van der Waals surface area contributed by atoms with Gasteiger partial charge in [0.05, 0.1) is 16.4 Å². The fourth-order valence-corrected chi connectivity index (χ4v) is 5.99. The first-order valence-corrected chi connectivity index (χ1v) is 13.3. The minimum atomic E-state index is -3.70. The summed E-state index contributed by atoms with van der Waals surface area (Å²) in [4.78, 5) is 8.30. The van der Waals surface area contributed by atoms with Crippen molar-refractivity contribution in [3.05, 3.63) is 34.9 Å². The van der Waals surface area contributed by atoms with Gasteiger partial charge in [0.15, 0.2) is 21.5 Å². The van der Waals surface area contributed by atoms with Crippen molar-refractivity contribution in [1.82, 2.24) is 24.7 Å². The summed E-state index contributed by atoms with van der Waals surface area (Å²) in [6, 6.07) is 0.0709. The average molecular weight is 500 g/mol. The number of hydrogen-bond acceptors (Lipinski definition) is 9. The van der Waals surface area contributed by atoms with Gasteiger partial charge in [0.1, 0.15) is 23.8 Å². The zero-order valence-electron chi connectivity index (χ0n) is 19.1. The molecular weight excluding hydrogens is 470 g/mol. The normalized spacial score (nSPS) is 24.1. The second-order valence-electron chi connectivity index (χ2n) is 8.63. The van der Waals surface area contributed by atoms with Crippen LogP contribution in [0.4, 0.5) is 0 Å². The maximum Gasteiger partial charge on any atom is 0.163 e. The van der Waals surface area contributed by atoms with Crippen LogP contribution in [0.25, 0.3) is 0 Å². The Hall–Kier alpha value is -1.66. The van der Waals surface area contributed by atoms with Gasteiger partial charge in [0.25, 0.3) is 0 Å². The van der Waals surface area contributed by atoms with E-state index in [4.69, 9.17) is 25.8 Å². The average Bonchev–Trinajstić information content (AvgIpc) is 3.41. The minimum Gasteiger partial charge on any atom is -0.381 e. The maximum atomic E-state index is 13.5. The zero-order valence-corrected chi connectivity index (χ0v) is 20.6. The minimum absolute atomic E-state index is 0.0709. The smallest absolute Gasteiger partial charge is 0.163 e. The van der Waals surface area contributed by atoms with Crippen LogP contribution < -0.4 is 0 Å². The Morgan fingerprint density at radius 3 is 2.48 bits per heavy atom. The van der Waals surface area contributed by atoms with E-state index < -0.39 is 21.2 Å². The first-order valence-electron chi connectivity index (χ1n) is 11.2. The third kappa shape index (κ3) is 5.37. The summed E-state index contributed by atoms with van der Waals surface area (Å²) < 4.78 is 45.9. The van der Waals surface area contributed by atoms with Crippen molar-refractivity contribution in [2.24, 2.45) is 0 Å². The molecule has 4 atom stereocenters. The summed E-state index contributed by atoms with van der Waals surface area (Å²) in [5.74, 6) is 1.11. The van der Waals surface area contributed by atoms with Gasteiger partial charge in [0.2, 0.25) is 0 Å². The fraction of sp³-hybridized carbons (Fsp3) is 0.714. The Kier molecular flexibility index (Phi) is 7.64. The number of halogens is 1. The van der Waals surface area contributed by atoms with Gasteiger partial charge in [-0.25, -0.2) is 18.4 Å².